The molecule has 0 aliphatic carbocycles. The van der Waals surface area contributed by atoms with E-state index in [0.717, 1.165) is 41.9 Å². The molecule has 4 rings (SSSR count). The number of aromatic nitrogens is 1. The molecule has 0 spiro atoms. The van der Waals surface area contributed by atoms with Gasteiger partial charge in [0.1, 0.15) is 5.69 Å². The summed E-state index contributed by atoms with van der Waals surface area (Å²) in [4.78, 5) is 16.7. The second-order valence-corrected chi connectivity index (χ2v) is 10.6. The molecule has 1 atom stereocenters. The van der Waals surface area contributed by atoms with E-state index in [1.54, 1.807) is 6.08 Å². The molecule has 0 fully saturated rings. The Hall–Kier alpha value is -4.00. The van der Waals surface area contributed by atoms with Crippen LogP contribution in [0.1, 0.15) is 98.1 Å². The van der Waals surface area contributed by atoms with E-state index in [1.165, 1.54) is 43.4 Å². The van der Waals surface area contributed by atoms with Crippen molar-refractivity contribution >= 4 is 23.4 Å². The lowest BCUT2D eigenvalue weighted by Crippen LogP contribution is -2.13. The summed E-state index contributed by atoms with van der Waals surface area (Å²) < 4.78 is 25.3. The third kappa shape index (κ3) is 7.20. The average Bonchev–Trinajstić information content (AvgIpc) is 3.57. The van der Waals surface area contributed by atoms with Crippen LogP contribution < -0.4 is 20.1 Å². The molecule has 1 unspecified atom stereocenters. The Balaban J connectivity index is 1.49. The van der Waals surface area contributed by atoms with E-state index in [1.807, 2.05) is 32.1 Å². The van der Waals surface area contributed by atoms with Crippen LogP contribution in [0, 0.1) is 12.7 Å². The number of anilines is 2. The first-order valence-electron chi connectivity index (χ1n) is 14.7. The summed E-state index contributed by atoms with van der Waals surface area (Å²) in [5.74, 6) is 0.720. The minimum Gasteiger partial charge on any atom is -0.454 e. The van der Waals surface area contributed by atoms with E-state index < -0.39 is 5.82 Å². The third-order valence-corrected chi connectivity index (χ3v) is 7.57. The number of halogens is 1. The van der Waals surface area contributed by atoms with Crippen LogP contribution in [-0.2, 0) is 6.42 Å². The van der Waals surface area contributed by atoms with Crippen LogP contribution in [0.4, 0.5) is 15.8 Å². The van der Waals surface area contributed by atoms with E-state index >= 15 is 0 Å². The Labute approximate surface area is 243 Å². The number of unbranched alkanes of at least 4 members (excludes halogenated alkanes) is 2. The lowest BCUT2D eigenvalue weighted by Gasteiger charge is -2.17. The van der Waals surface area contributed by atoms with Gasteiger partial charge in [-0.05, 0) is 74.1 Å². The van der Waals surface area contributed by atoms with E-state index in [9.17, 15) is 9.18 Å². The number of ether oxygens (including phenoxy) is 2. The number of aromatic amines is 1. The topological polar surface area (TPSA) is 75.4 Å². The van der Waals surface area contributed by atoms with Gasteiger partial charge in [-0.25, -0.2) is 4.39 Å². The predicted molar refractivity (Wildman–Crippen MR) is 165 cm³/mol. The first kappa shape index (κ1) is 30.0. The average molecular weight is 560 g/mol. The molecule has 3 N–H and O–H groups in total. The largest absolute Gasteiger partial charge is 0.454 e. The van der Waals surface area contributed by atoms with Gasteiger partial charge in [0.2, 0.25) is 6.79 Å². The van der Waals surface area contributed by atoms with Crippen LogP contribution in [0.15, 0.2) is 54.8 Å². The molecule has 0 radical (unpaired) electrons. The zero-order valence-electron chi connectivity index (χ0n) is 24.7. The summed E-state index contributed by atoms with van der Waals surface area (Å²) in [7, 11) is 0. The van der Waals surface area contributed by atoms with Crippen LogP contribution in [0.3, 0.4) is 0 Å². The molecule has 2 aromatic carbocycles. The molecule has 3 aromatic rings. The quantitative estimate of drug-likeness (QED) is 0.136. The van der Waals surface area contributed by atoms with Crippen molar-refractivity contribution in [3.63, 3.8) is 0 Å². The molecule has 0 bridgehead atoms. The monoisotopic (exact) mass is 559 g/mol. The summed E-state index contributed by atoms with van der Waals surface area (Å²) in [6, 6.07) is 10.9. The lowest BCUT2D eigenvalue weighted by atomic mass is 9.89. The Bertz CT molecular complexity index is 1390. The lowest BCUT2D eigenvalue weighted by molar-refractivity contribution is 0.102. The molecule has 7 heteroatoms. The number of hydrogen-bond acceptors (Lipinski definition) is 4. The van der Waals surface area contributed by atoms with Crippen LogP contribution in [0.5, 0.6) is 11.5 Å². The maximum Gasteiger partial charge on any atom is 0.255 e. The highest BCUT2D eigenvalue weighted by Crippen LogP contribution is 2.41. The molecule has 6 nitrogen and oxygen atoms in total. The maximum atomic E-state index is 14.5. The number of nitrogens with one attached hydrogen (secondary N) is 3. The number of H-pyrrole nitrogens is 1. The van der Waals surface area contributed by atoms with Gasteiger partial charge in [0.25, 0.3) is 5.91 Å². The molecule has 0 saturated carbocycles. The third-order valence-electron chi connectivity index (χ3n) is 7.57. The van der Waals surface area contributed by atoms with Gasteiger partial charge >= 0.3 is 0 Å². The van der Waals surface area contributed by atoms with E-state index in [0.29, 0.717) is 28.7 Å². The molecule has 41 heavy (non-hydrogen) atoms. The highest BCUT2D eigenvalue weighted by atomic mass is 19.1. The maximum absolute atomic E-state index is 14.5. The molecule has 2 heterocycles. The van der Waals surface area contributed by atoms with Crippen molar-refractivity contribution in [1.82, 2.24) is 4.98 Å². The smallest absolute Gasteiger partial charge is 0.255 e. The van der Waals surface area contributed by atoms with Gasteiger partial charge in [-0.1, -0.05) is 65.2 Å². The fourth-order valence-corrected chi connectivity index (χ4v) is 5.33. The number of rotatable bonds is 14. The van der Waals surface area contributed by atoms with E-state index in [-0.39, 0.29) is 18.4 Å². The van der Waals surface area contributed by atoms with Gasteiger partial charge < -0.3 is 25.1 Å². The van der Waals surface area contributed by atoms with E-state index in [4.69, 9.17) is 9.47 Å². The van der Waals surface area contributed by atoms with Gasteiger partial charge in [-0.3, -0.25) is 4.79 Å². The summed E-state index contributed by atoms with van der Waals surface area (Å²) in [6.07, 6.45) is 11.5. The molecular weight excluding hydrogens is 517 g/mol. The summed E-state index contributed by atoms with van der Waals surface area (Å²) in [6.45, 7) is 12.5. The summed E-state index contributed by atoms with van der Waals surface area (Å²) in [5.41, 5.74) is 5.98. The summed E-state index contributed by atoms with van der Waals surface area (Å²) in [5, 5.41) is 6.12. The van der Waals surface area contributed by atoms with Crippen molar-refractivity contribution in [3.8, 4) is 11.5 Å². The van der Waals surface area contributed by atoms with Gasteiger partial charge in [0.15, 0.2) is 17.3 Å². The second kappa shape index (κ2) is 14.1. The Morgan fingerprint density at radius 3 is 2.51 bits per heavy atom. The molecule has 218 valence electrons. The number of amides is 1. The highest BCUT2D eigenvalue weighted by molar-refractivity contribution is 6.06. The zero-order valence-corrected chi connectivity index (χ0v) is 24.7. The predicted octanol–water partition coefficient (Wildman–Crippen LogP) is 9.11. The first-order chi connectivity index (χ1) is 19.9. The molecule has 0 saturated heterocycles. The second-order valence-electron chi connectivity index (χ2n) is 10.6. The van der Waals surface area contributed by atoms with Crippen molar-refractivity contribution in [2.45, 2.75) is 78.6 Å². The normalized spacial score (nSPS) is 13.0. The first-order valence-corrected chi connectivity index (χ1v) is 14.7. The number of benzene rings is 2. The van der Waals surface area contributed by atoms with Crippen molar-refractivity contribution in [2.24, 2.45) is 0 Å². The number of hydrogen-bond donors (Lipinski definition) is 3. The Morgan fingerprint density at radius 2 is 1.80 bits per heavy atom. The van der Waals surface area contributed by atoms with Crippen LogP contribution in [0.25, 0.3) is 6.08 Å². The van der Waals surface area contributed by atoms with Gasteiger partial charge in [0, 0.05) is 28.2 Å². The number of allylic oxidation sites excluding steroid dienone is 1. The minimum absolute atomic E-state index is 0.0438. The number of carbonyl (C=O) groups is 1. The molecule has 1 amide bonds. The highest BCUT2D eigenvalue weighted by Gasteiger charge is 2.22. The Kier molecular flexibility index (Phi) is 10.3. The number of fused-ring (bicyclic) bond motifs is 1. The van der Waals surface area contributed by atoms with E-state index in [2.05, 4.69) is 48.2 Å². The molecule has 1 aliphatic heterocycles. The SMILES string of the molecule is C=C(/C=C\c1c(C)[nH]c(CC)c1NC(=O)c1ccc(C(CCC)CCCCC)cc1)Nc1c(F)ccc2c1OCO2. The zero-order chi connectivity index (χ0) is 29.4. The van der Waals surface area contributed by atoms with Gasteiger partial charge in [-0.15, -0.1) is 0 Å². The number of carbonyl (C=O) groups excluding carboxylic acids is 1. The Morgan fingerprint density at radius 1 is 1.02 bits per heavy atom. The van der Waals surface area contributed by atoms with Crippen molar-refractivity contribution in [1.29, 1.82) is 0 Å². The number of aryl methyl sites for hydroxylation is 2. The van der Waals surface area contributed by atoms with Crippen molar-refractivity contribution < 1.29 is 18.7 Å². The minimum atomic E-state index is -0.462. The molecular formula is C34H42FN3O3. The van der Waals surface area contributed by atoms with Crippen molar-refractivity contribution in [3.05, 3.63) is 88.6 Å². The fraction of sp³-hybridized carbons (Fsp3) is 0.382. The van der Waals surface area contributed by atoms with Crippen LogP contribution in [0.2, 0.25) is 0 Å². The summed E-state index contributed by atoms with van der Waals surface area (Å²) >= 11 is 0. The van der Waals surface area contributed by atoms with Crippen molar-refractivity contribution in [2.75, 3.05) is 17.4 Å². The van der Waals surface area contributed by atoms with Crippen LogP contribution in [-0.4, -0.2) is 17.7 Å². The molecule has 1 aromatic heterocycles. The standard InChI is InChI=1S/C34H42FN3O3/c1-6-9-10-12-24(11-7-2)25-14-16-26(17-15-25)34(39)38-31-27(23(5)37-29(31)8-3)18-13-22(4)36-32-28(35)19-20-30-33(32)41-21-40-30/h13-20,24,36-37H,4,6-12,21H2,1-3,5H3,(H,38,39)/b18-13-. The van der Waals surface area contributed by atoms with Gasteiger partial charge in [0.05, 0.1) is 5.69 Å². The van der Waals surface area contributed by atoms with Gasteiger partial charge in [-0.2, -0.15) is 0 Å². The molecule has 1 aliphatic rings. The van der Waals surface area contributed by atoms with Crippen LogP contribution >= 0.6 is 0 Å². The fourth-order valence-electron chi connectivity index (χ4n) is 5.33.